The first kappa shape index (κ1) is 22.8. The number of rotatable bonds is 7. The van der Waals surface area contributed by atoms with Crippen molar-refractivity contribution < 1.29 is 10.0 Å². The highest BCUT2D eigenvalue weighted by atomic mass is 16.5. The molecule has 1 amide bonds. The minimum atomic E-state index is -0.633. The number of pyridine rings is 1. The Morgan fingerprint density at radius 3 is 2.90 bits per heavy atom. The number of allylic oxidation sites excluding steroid dienone is 2. The molecular weight excluding hydrogens is 392 g/mol. The Kier molecular flexibility index (Phi) is 7.35. The van der Waals surface area contributed by atoms with E-state index in [4.69, 9.17) is 10.8 Å². The number of amidine groups is 2. The number of likely N-dealkylation sites (tertiary alicyclic amines) is 1. The lowest BCUT2D eigenvalue weighted by molar-refractivity contribution is -0.103. The Morgan fingerprint density at radius 1 is 1.35 bits per heavy atom. The number of hydroxylamine groups is 2. The number of fused-ring (bicyclic) bond motifs is 1. The molecule has 0 aromatic carbocycles. The Hall–Kier alpha value is -2.84. The van der Waals surface area contributed by atoms with Crippen molar-refractivity contribution in [3.63, 3.8) is 0 Å². The molecule has 8 nitrogen and oxygen atoms in total. The third-order valence-electron chi connectivity index (χ3n) is 6.02. The molecule has 8 heteroatoms. The highest BCUT2D eigenvalue weighted by Gasteiger charge is 2.33. The van der Waals surface area contributed by atoms with Crippen molar-refractivity contribution in [3.8, 4) is 0 Å². The number of carbonyl (C=O) groups is 1. The summed E-state index contributed by atoms with van der Waals surface area (Å²) in [5, 5.41) is 30.9. The number of amides is 1. The van der Waals surface area contributed by atoms with Gasteiger partial charge in [0.25, 0.3) is 5.91 Å². The van der Waals surface area contributed by atoms with Crippen LogP contribution in [0.1, 0.15) is 54.2 Å². The maximum Gasteiger partial charge on any atom is 0.269 e. The molecule has 1 saturated heterocycles. The lowest BCUT2D eigenvalue weighted by Gasteiger charge is -2.38. The number of piperidine rings is 1. The molecule has 0 bridgehead atoms. The fourth-order valence-electron chi connectivity index (χ4n) is 4.02. The molecule has 1 fully saturated rings. The van der Waals surface area contributed by atoms with Gasteiger partial charge >= 0.3 is 0 Å². The van der Waals surface area contributed by atoms with Crippen LogP contribution in [0, 0.1) is 16.2 Å². The van der Waals surface area contributed by atoms with Crippen LogP contribution in [0.2, 0.25) is 0 Å². The molecule has 1 atom stereocenters. The van der Waals surface area contributed by atoms with Gasteiger partial charge in [0.05, 0.1) is 0 Å². The number of hydrogen-bond donors (Lipinski definition) is 4. The highest BCUT2D eigenvalue weighted by molar-refractivity contribution is 6.02. The molecule has 4 N–H and O–H groups in total. The van der Waals surface area contributed by atoms with Gasteiger partial charge in [-0.25, -0.2) is 0 Å². The average Bonchev–Trinajstić information content (AvgIpc) is 2.77. The van der Waals surface area contributed by atoms with Crippen molar-refractivity contribution >= 4 is 17.6 Å². The summed E-state index contributed by atoms with van der Waals surface area (Å²) in [5.74, 6) is 0.583. The van der Waals surface area contributed by atoms with Crippen LogP contribution < -0.4 is 5.32 Å². The van der Waals surface area contributed by atoms with Gasteiger partial charge in [-0.1, -0.05) is 24.8 Å². The SMILES string of the molecule is C=C/C=C\C(C)(CCNC(=O)c1cc2c(cn1)CCN(O)C2)C(=N)N1CCCCC1=N. The van der Waals surface area contributed by atoms with E-state index in [9.17, 15) is 10.0 Å². The van der Waals surface area contributed by atoms with Gasteiger partial charge in [-0.3, -0.25) is 20.6 Å². The molecule has 31 heavy (non-hydrogen) atoms. The maximum atomic E-state index is 12.7. The first-order valence-electron chi connectivity index (χ1n) is 10.8. The zero-order valence-electron chi connectivity index (χ0n) is 18.2. The first-order valence-corrected chi connectivity index (χ1v) is 10.8. The number of hydrogen-bond acceptors (Lipinski definition) is 6. The van der Waals surface area contributed by atoms with E-state index in [1.54, 1.807) is 23.2 Å². The summed E-state index contributed by atoms with van der Waals surface area (Å²) in [6.07, 6.45) is 11.0. The van der Waals surface area contributed by atoms with Gasteiger partial charge < -0.3 is 15.4 Å². The summed E-state index contributed by atoms with van der Waals surface area (Å²) in [4.78, 5) is 18.7. The van der Waals surface area contributed by atoms with Gasteiger partial charge in [-0.15, -0.1) is 0 Å². The number of carbonyl (C=O) groups excluding carboxylic acids is 1. The molecule has 2 aliphatic rings. The molecule has 1 aromatic rings. The van der Waals surface area contributed by atoms with Crippen LogP contribution in [-0.4, -0.2) is 57.4 Å². The van der Waals surface area contributed by atoms with Crippen molar-refractivity contribution in [2.75, 3.05) is 19.6 Å². The predicted molar refractivity (Wildman–Crippen MR) is 121 cm³/mol. The summed E-state index contributed by atoms with van der Waals surface area (Å²) in [6.45, 7) is 7.69. The minimum Gasteiger partial charge on any atom is -0.351 e. The minimum absolute atomic E-state index is 0.273. The Balaban J connectivity index is 1.65. The van der Waals surface area contributed by atoms with E-state index in [1.165, 1.54) is 5.06 Å². The van der Waals surface area contributed by atoms with Gasteiger partial charge in [0.2, 0.25) is 0 Å². The number of aromatic nitrogens is 1. The van der Waals surface area contributed by atoms with Gasteiger partial charge in [0.1, 0.15) is 17.4 Å². The average molecular weight is 425 g/mol. The van der Waals surface area contributed by atoms with Gasteiger partial charge in [0.15, 0.2) is 0 Å². The Bertz CT molecular complexity index is 896. The fourth-order valence-corrected chi connectivity index (χ4v) is 4.02. The summed E-state index contributed by atoms with van der Waals surface area (Å²) < 4.78 is 0. The lowest BCUT2D eigenvalue weighted by Crippen LogP contribution is -2.47. The number of nitrogens with zero attached hydrogens (tertiary/aromatic N) is 3. The molecule has 3 rings (SSSR count). The molecule has 0 radical (unpaired) electrons. The second-order valence-corrected chi connectivity index (χ2v) is 8.40. The summed E-state index contributed by atoms with van der Waals surface area (Å²) in [6, 6.07) is 1.74. The standard InChI is InChI=1S/C23H32N6O2/c1-3-4-9-23(2,22(25)29-12-6-5-7-20(29)24)10-11-26-21(30)19-14-18-16-28(31)13-8-17(18)15-27-19/h3-4,9,14-15,24-25,31H,1,5-8,10-13,16H2,2H3,(H,26,30)/b9-4-,24-20?,25-22?. The Morgan fingerprint density at radius 2 is 2.16 bits per heavy atom. The summed E-state index contributed by atoms with van der Waals surface area (Å²) in [5.41, 5.74) is 1.66. The van der Waals surface area contributed by atoms with Crippen LogP contribution in [0.15, 0.2) is 37.1 Å². The predicted octanol–water partition coefficient (Wildman–Crippen LogP) is 3.14. The van der Waals surface area contributed by atoms with E-state index >= 15 is 0 Å². The summed E-state index contributed by atoms with van der Waals surface area (Å²) in [7, 11) is 0. The normalized spacial score (nSPS) is 19.0. The van der Waals surface area contributed by atoms with E-state index in [1.807, 2.05) is 19.1 Å². The lowest BCUT2D eigenvalue weighted by atomic mass is 9.83. The molecule has 166 valence electrons. The molecule has 2 aliphatic heterocycles. The second kappa shape index (κ2) is 9.98. The van der Waals surface area contributed by atoms with E-state index in [0.717, 1.165) is 24.0 Å². The quantitative estimate of drug-likeness (QED) is 0.305. The van der Waals surface area contributed by atoms with Gasteiger partial charge in [0, 0.05) is 44.2 Å². The zero-order valence-corrected chi connectivity index (χ0v) is 18.2. The Labute approximate surface area is 183 Å². The van der Waals surface area contributed by atoms with Gasteiger partial charge in [-0.05, 0) is 49.8 Å². The van der Waals surface area contributed by atoms with Crippen LogP contribution in [-0.2, 0) is 13.0 Å². The fraction of sp³-hybridized carbons (Fsp3) is 0.478. The topological polar surface area (TPSA) is 116 Å². The van der Waals surface area contributed by atoms with Crippen LogP contribution in [0.5, 0.6) is 0 Å². The van der Waals surface area contributed by atoms with Crippen molar-refractivity contribution in [1.82, 2.24) is 20.3 Å². The first-order chi connectivity index (χ1) is 14.8. The van der Waals surface area contributed by atoms with E-state index in [-0.39, 0.29) is 5.91 Å². The monoisotopic (exact) mass is 424 g/mol. The van der Waals surface area contributed by atoms with Crippen LogP contribution in [0.4, 0.5) is 0 Å². The maximum absolute atomic E-state index is 12.7. The second-order valence-electron chi connectivity index (χ2n) is 8.40. The third kappa shape index (κ3) is 5.45. The smallest absolute Gasteiger partial charge is 0.269 e. The molecule has 1 unspecified atom stereocenters. The number of nitrogens with one attached hydrogen (secondary N) is 3. The highest BCUT2D eigenvalue weighted by Crippen LogP contribution is 2.29. The third-order valence-corrected chi connectivity index (χ3v) is 6.02. The zero-order chi connectivity index (χ0) is 22.4. The van der Waals surface area contributed by atoms with E-state index in [0.29, 0.717) is 62.8 Å². The van der Waals surface area contributed by atoms with Crippen molar-refractivity contribution in [1.29, 1.82) is 10.8 Å². The molecule has 0 saturated carbocycles. The summed E-state index contributed by atoms with van der Waals surface area (Å²) >= 11 is 0. The van der Waals surface area contributed by atoms with E-state index < -0.39 is 5.41 Å². The van der Waals surface area contributed by atoms with Crippen LogP contribution in [0.3, 0.4) is 0 Å². The van der Waals surface area contributed by atoms with Crippen LogP contribution >= 0.6 is 0 Å². The molecule has 1 aromatic heterocycles. The van der Waals surface area contributed by atoms with E-state index in [2.05, 4.69) is 16.9 Å². The molecule has 0 aliphatic carbocycles. The van der Waals surface area contributed by atoms with Crippen molar-refractivity contribution in [2.45, 2.75) is 45.6 Å². The van der Waals surface area contributed by atoms with Gasteiger partial charge in [-0.2, -0.15) is 5.06 Å². The molecular formula is C23H32N6O2. The molecule has 0 spiro atoms. The largest absolute Gasteiger partial charge is 0.351 e. The molecule has 3 heterocycles. The van der Waals surface area contributed by atoms with Crippen molar-refractivity contribution in [3.05, 3.63) is 53.9 Å². The van der Waals surface area contributed by atoms with Crippen molar-refractivity contribution in [2.24, 2.45) is 5.41 Å². The van der Waals surface area contributed by atoms with Crippen LogP contribution in [0.25, 0.3) is 0 Å².